The highest BCUT2D eigenvalue weighted by Gasteiger charge is 2.08. The van der Waals surface area contributed by atoms with E-state index in [4.69, 9.17) is 4.74 Å². The minimum atomic E-state index is -0.441. The molecular weight excluding hydrogens is 376 g/mol. The maximum atomic E-state index is 12.3. The van der Waals surface area contributed by atoms with Gasteiger partial charge >= 0.3 is 0 Å². The van der Waals surface area contributed by atoms with E-state index >= 15 is 0 Å². The number of hydrogen-bond donors (Lipinski definition) is 3. The summed E-state index contributed by atoms with van der Waals surface area (Å²) in [6.07, 6.45) is 1.41. The van der Waals surface area contributed by atoms with Crippen molar-refractivity contribution >= 4 is 23.0 Å². The van der Waals surface area contributed by atoms with Crippen LogP contribution >= 0.6 is 0 Å². The van der Waals surface area contributed by atoms with E-state index in [0.717, 1.165) is 28.4 Å². The molecule has 6 heteroatoms. The van der Waals surface area contributed by atoms with E-state index in [1.165, 1.54) is 6.20 Å². The number of rotatable bonds is 8. The smallest absolute Gasteiger partial charge is 0.263 e. The topological polar surface area (TPSA) is 86.2 Å². The van der Waals surface area contributed by atoms with Gasteiger partial charge in [0.25, 0.3) is 5.91 Å². The lowest BCUT2D eigenvalue weighted by atomic mass is 10.2. The van der Waals surface area contributed by atoms with Crippen molar-refractivity contribution in [1.82, 2.24) is 5.32 Å². The normalized spacial score (nSPS) is 10.6. The third-order valence-electron chi connectivity index (χ3n) is 4.31. The molecular formula is C24H22N4O2. The molecule has 6 nitrogen and oxygen atoms in total. The van der Waals surface area contributed by atoms with Crippen molar-refractivity contribution < 1.29 is 9.53 Å². The van der Waals surface area contributed by atoms with E-state index in [0.29, 0.717) is 6.54 Å². The molecule has 0 saturated carbocycles. The Morgan fingerprint density at radius 1 is 0.933 bits per heavy atom. The zero-order valence-electron chi connectivity index (χ0n) is 16.6. The van der Waals surface area contributed by atoms with Crippen LogP contribution in [0.4, 0.5) is 17.1 Å². The van der Waals surface area contributed by atoms with Gasteiger partial charge < -0.3 is 20.7 Å². The van der Waals surface area contributed by atoms with Gasteiger partial charge in [-0.05, 0) is 54.1 Å². The number of benzene rings is 3. The third kappa shape index (κ3) is 5.88. The number of nitrogens with one attached hydrogen (secondary N) is 3. The molecule has 0 radical (unpaired) electrons. The Kier molecular flexibility index (Phi) is 7.07. The second-order valence-corrected chi connectivity index (χ2v) is 6.41. The molecule has 0 unspecified atom stereocenters. The van der Waals surface area contributed by atoms with Gasteiger partial charge in [-0.3, -0.25) is 4.79 Å². The van der Waals surface area contributed by atoms with Gasteiger partial charge in [-0.1, -0.05) is 30.3 Å². The third-order valence-corrected chi connectivity index (χ3v) is 4.31. The largest absolute Gasteiger partial charge is 0.497 e. The molecule has 3 aromatic rings. The molecule has 30 heavy (non-hydrogen) atoms. The summed E-state index contributed by atoms with van der Waals surface area (Å²) in [5.74, 6) is 0.306. The van der Waals surface area contributed by atoms with Gasteiger partial charge in [-0.25, -0.2) is 0 Å². The van der Waals surface area contributed by atoms with E-state index in [-0.39, 0.29) is 5.57 Å². The zero-order valence-corrected chi connectivity index (χ0v) is 16.6. The van der Waals surface area contributed by atoms with Gasteiger partial charge in [0.2, 0.25) is 0 Å². The van der Waals surface area contributed by atoms with Crippen LogP contribution in [-0.4, -0.2) is 13.0 Å². The van der Waals surface area contributed by atoms with Crippen LogP contribution in [0.25, 0.3) is 0 Å². The lowest BCUT2D eigenvalue weighted by Crippen LogP contribution is -2.24. The first-order chi connectivity index (χ1) is 14.7. The maximum Gasteiger partial charge on any atom is 0.263 e. The Labute approximate surface area is 175 Å². The van der Waals surface area contributed by atoms with Crippen molar-refractivity contribution in [2.75, 3.05) is 17.7 Å². The van der Waals surface area contributed by atoms with E-state index in [1.807, 2.05) is 84.9 Å². The fourth-order valence-corrected chi connectivity index (χ4v) is 2.66. The summed E-state index contributed by atoms with van der Waals surface area (Å²) in [5.41, 5.74) is 3.61. The van der Waals surface area contributed by atoms with Crippen LogP contribution in [-0.2, 0) is 11.3 Å². The highest BCUT2D eigenvalue weighted by Crippen LogP contribution is 2.19. The van der Waals surface area contributed by atoms with Crippen molar-refractivity contribution in [1.29, 1.82) is 5.26 Å². The van der Waals surface area contributed by atoms with Crippen LogP contribution in [0, 0.1) is 11.3 Å². The fraction of sp³-hybridized carbons (Fsp3) is 0.0833. The first-order valence-electron chi connectivity index (χ1n) is 9.38. The van der Waals surface area contributed by atoms with Gasteiger partial charge in [-0.15, -0.1) is 0 Å². The SMILES string of the molecule is COc1ccc(CNC(=O)/C(C#N)=C\Nc2ccc(Nc3ccccc3)cc2)cc1. The molecule has 0 aliphatic rings. The first-order valence-corrected chi connectivity index (χ1v) is 9.38. The van der Waals surface area contributed by atoms with E-state index in [2.05, 4.69) is 16.0 Å². The number of hydrogen-bond acceptors (Lipinski definition) is 5. The Bertz CT molecular complexity index is 1040. The zero-order chi connectivity index (χ0) is 21.2. The minimum absolute atomic E-state index is 0.00463. The molecule has 3 rings (SSSR count). The van der Waals surface area contributed by atoms with Crippen molar-refractivity contribution in [2.45, 2.75) is 6.54 Å². The van der Waals surface area contributed by atoms with Crippen LogP contribution < -0.4 is 20.7 Å². The summed E-state index contributed by atoms with van der Waals surface area (Å²) in [6, 6.07) is 26.7. The molecule has 0 spiro atoms. The van der Waals surface area contributed by atoms with Crippen LogP contribution in [0.3, 0.4) is 0 Å². The van der Waals surface area contributed by atoms with E-state index in [1.54, 1.807) is 7.11 Å². The molecule has 0 aliphatic carbocycles. The number of nitriles is 1. The van der Waals surface area contributed by atoms with Crippen LogP contribution in [0.2, 0.25) is 0 Å². The summed E-state index contributed by atoms with van der Waals surface area (Å²) in [7, 11) is 1.60. The average Bonchev–Trinajstić information content (AvgIpc) is 2.80. The monoisotopic (exact) mass is 398 g/mol. The van der Waals surface area contributed by atoms with E-state index in [9.17, 15) is 10.1 Å². The van der Waals surface area contributed by atoms with Crippen molar-refractivity contribution in [3.8, 4) is 11.8 Å². The molecule has 150 valence electrons. The number of amides is 1. The summed E-state index contributed by atoms with van der Waals surface area (Å²) >= 11 is 0. The molecule has 3 N–H and O–H groups in total. The minimum Gasteiger partial charge on any atom is -0.497 e. The average molecular weight is 398 g/mol. The number of carbonyl (C=O) groups is 1. The summed E-state index contributed by atoms with van der Waals surface area (Å²) in [6.45, 7) is 0.321. The second-order valence-electron chi connectivity index (χ2n) is 6.41. The first kappa shape index (κ1) is 20.5. The molecule has 0 fully saturated rings. The Balaban J connectivity index is 1.54. The molecule has 0 aliphatic heterocycles. The van der Waals surface area contributed by atoms with Crippen LogP contribution in [0.1, 0.15) is 5.56 Å². The Hall–Kier alpha value is -4.24. The quantitative estimate of drug-likeness (QED) is 0.382. The number of para-hydroxylation sites is 1. The fourth-order valence-electron chi connectivity index (χ4n) is 2.66. The molecule has 0 aromatic heterocycles. The van der Waals surface area contributed by atoms with E-state index < -0.39 is 5.91 Å². The molecule has 1 amide bonds. The lowest BCUT2D eigenvalue weighted by molar-refractivity contribution is -0.117. The molecule has 0 atom stereocenters. The molecule has 0 bridgehead atoms. The van der Waals surface area contributed by atoms with Crippen molar-refractivity contribution in [3.05, 3.63) is 96.2 Å². The predicted molar refractivity (Wildman–Crippen MR) is 118 cm³/mol. The highest BCUT2D eigenvalue weighted by atomic mass is 16.5. The standard InChI is InChI=1S/C24H22N4O2/c1-30-23-13-7-18(8-14-23)16-27-24(29)19(15-25)17-26-20-9-11-22(12-10-20)28-21-5-3-2-4-6-21/h2-14,17,26,28H,16H2,1H3,(H,27,29)/b19-17-. The molecule has 0 heterocycles. The summed E-state index contributed by atoms with van der Waals surface area (Å²) in [5, 5.41) is 18.3. The Morgan fingerprint density at radius 2 is 1.57 bits per heavy atom. The number of ether oxygens (including phenoxy) is 1. The number of nitrogens with zero attached hydrogens (tertiary/aromatic N) is 1. The van der Waals surface area contributed by atoms with Gasteiger partial charge in [-0.2, -0.15) is 5.26 Å². The van der Waals surface area contributed by atoms with Crippen molar-refractivity contribution in [3.63, 3.8) is 0 Å². The summed E-state index contributed by atoms with van der Waals surface area (Å²) < 4.78 is 5.11. The van der Waals surface area contributed by atoms with Gasteiger partial charge in [0.1, 0.15) is 17.4 Å². The molecule has 3 aromatic carbocycles. The predicted octanol–water partition coefficient (Wildman–Crippen LogP) is 4.57. The van der Waals surface area contributed by atoms with Crippen molar-refractivity contribution in [2.24, 2.45) is 0 Å². The number of carbonyl (C=O) groups excluding carboxylic acids is 1. The van der Waals surface area contributed by atoms with Crippen LogP contribution in [0.5, 0.6) is 5.75 Å². The lowest BCUT2D eigenvalue weighted by Gasteiger charge is -2.08. The Morgan fingerprint density at radius 3 is 2.20 bits per heavy atom. The maximum absolute atomic E-state index is 12.3. The molecule has 0 saturated heterocycles. The van der Waals surface area contributed by atoms with Gasteiger partial charge in [0, 0.05) is 29.8 Å². The highest BCUT2D eigenvalue weighted by molar-refractivity contribution is 5.97. The number of anilines is 3. The summed E-state index contributed by atoms with van der Waals surface area (Å²) in [4.78, 5) is 12.3. The number of methoxy groups -OCH3 is 1. The second kappa shape index (κ2) is 10.3. The van der Waals surface area contributed by atoms with Gasteiger partial charge in [0.05, 0.1) is 7.11 Å². The van der Waals surface area contributed by atoms with Gasteiger partial charge in [0.15, 0.2) is 0 Å². The van der Waals surface area contributed by atoms with Crippen LogP contribution in [0.15, 0.2) is 90.6 Å².